The summed E-state index contributed by atoms with van der Waals surface area (Å²) in [4.78, 5) is 23.9. The minimum atomic E-state index is -3.37. The Bertz CT molecular complexity index is 1510. The predicted octanol–water partition coefficient (Wildman–Crippen LogP) is 4.11. The smallest absolute Gasteiger partial charge is 0.238 e. The number of nitrogens with zero attached hydrogens (tertiary/aromatic N) is 3. The van der Waals surface area contributed by atoms with Gasteiger partial charge in [-0.3, -0.25) is 9.69 Å². The molecule has 2 atom stereocenters. The average molecular weight is 600 g/mol. The molecule has 4 N–H and O–H groups in total. The van der Waals surface area contributed by atoms with E-state index in [1.807, 2.05) is 36.4 Å². The number of halogens is 1. The Kier molecular flexibility index (Phi) is 8.93. The third kappa shape index (κ3) is 7.45. The van der Waals surface area contributed by atoms with E-state index in [1.165, 1.54) is 6.20 Å². The lowest BCUT2D eigenvalue weighted by atomic mass is 9.91. The summed E-state index contributed by atoms with van der Waals surface area (Å²) in [6.07, 6.45) is 6.05. The van der Waals surface area contributed by atoms with Crippen molar-refractivity contribution in [3.8, 4) is 5.75 Å². The van der Waals surface area contributed by atoms with Gasteiger partial charge in [-0.05, 0) is 30.5 Å². The van der Waals surface area contributed by atoms with Gasteiger partial charge in [0.15, 0.2) is 5.82 Å². The molecular formula is C28H34ClN7O4S. The van der Waals surface area contributed by atoms with Crippen LogP contribution in [-0.2, 0) is 27.9 Å². The van der Waals surface area contributed by atoms with Gasteiger partial charge in [-0.2, -0.15) is 4.98 Å². The van der Waals surface area contributed by atoms with Crippen LogP contribution in [0, 0.1) is 0 Å². The van der Waals surface area contributed by atoms with Gasteiger partial charge in [0, 0.05) is 36.4 Å². The van der Waals surface area contributed by atoms with Crippen molar-refractivity contribution in [2.45, 2.75) is 50.9 Å². The summed E-state index contributed by atoms with van der Waals surface area (Å²) in [5.74, 6) is 1.14. The fraction of sp³-hybridized carbons (Fsp3) is 0.393. The minimum Gasteiger partial charge on any atom is -0.495 e. The van der Waals surface area contributed by atoms with Crippen LogP contribution in [0.4, 0.5) is 23.1 Å². The van der Waals surface area contributed by atoms with E-state index in [0.29, 0.717) is 41.1 Å². The maximum atomic E-state index is 12.8. The highest BCUT2D eigenvalue weighted by molar-refractivity contribution is 7.88. The number of benzene rings is 2. The molecule has 2 heterocycles. The molecule has 5 rings (SSSR count). The zero-order valence-corrected chi connectivity index (χ0v) is 24.6. The Morgan fingerprint density at radius 3 is 2.59 bits per heavy atom. The molecule has 0 radical (unpaired) electrons. The van der Waals surface area contributed by atoms with Gasteiger partial charge in [0.05, 0.1) is 31.8 Å². The number of methoxy groups -OCH3 is 1. The number of nitrogens with one attached hydrogen (secondary N) is 4. The number of hydrogen-bond donors (Lipinski definition) is 4. The number of hydrogen-bond acceptors (Lipinski definition) is 9. The van der Waals surface area contributed by atoms with Gasteiger partial charge >= 0.3 is 0 Å². The highest BCUT2D eigenvalue weighted by atomic mass is 35.5. The van der Waals surface area contributed by atoms with E-state index in [0.717, 1.165) is 43.1 Å². The van der Waals surface area contributed by atoms with E-state index in [4.69, 9.17) is 16.3 Å². The van der Waals surface area contributed by atoms with Crippen LogP contribution in [0.25, 0.3) is 0 Å². The largest absolute Gasteiger partial charge is 0.495 e. The van der Waals surface area contributed by atoms with Crippen molar-refractivity contribution in [3.63, 3.8) is 0 Å². The summed E-state index contributed by atoms with van der Waals surface area (Å²) < 4.78 is 32.3. The number of amides is 1. The minimum absolute atomic E-state index is 0.102. The predicted molar refractivity (Wildman–Crippen MR) is 160 cm³/mol. The van der Waals surface area contributed by atoms with Crippen LogP contribution in [0.1, 0.15) is 36.8 Å². The lowest BCUT2D eigenvalue weighted by Crippen LogP contribution is -2.48. The Labute approximate surface area is 245 Å². The van der Waals surface area contributed by atoms with Crippen molar-refractivity contribution in [1.29, 1.82) is 0 Å². The molecule has 0 spiro atoms. The molecular weight excluding hydrogens is 566 g/mol. The molecule has 1 aromatic heterocycles. The van der Waals surface area contributed by atoms with Crippen LogP contribution < -0.4 is 25.4 Å². The molecule has 13 heteroatoms. The molecule has 3 aromatic rings. The lowest BCUT2D eigenvalue weighted by molar-refractivity contribution is -0.117. The third-order valence-electron chi connectivity index (χ3n) is 7.20. The maximum absolute atomic E-state index is 12.8. The first kappa shape index (κ1) is 29.1. The second kappa shape index (κ2) is 12.6. The van der Waals surface area contributed by atoms with Crippen molar-refractivity contribution in [1.82, 2.24) is 19.6 Å². The zero-order chi connectivity index (χ0) is 29.0. The highest BCUT2D eigenvalue weighted by Gasteiger charge is 2.29. The fourth-order valence-corrected chi connectivity index (χ4v) is 6.35. The molecule has 1 aliphatic carbocycles. The van der Waals surface area contributed by atoms with Crippen LogP contribution in [0.3, 0.4) is 0 Å². The Hall–Kier alpha value is -3.45. The Balaban J connectivity index is 1.43. The molecule has 218 valence electrons. The van der Waals surface area contributed by atoms with Crippen molar-refractivity contribution >= 4 is 50.7 Å². The molecule has 11 nitrogen and oxygen atoms in total. The molecule has 2 aliphatic rings. The quantitative estimate of drug-likeness (QED) is 0.286. The molecule has 1 saturated carbocycles. The van der Waals surface area contributed by atoms with Gasteiger partial charge in [-0.15, -0.1) is 0 Å². The number of aromatic nitrogens is 2. The number of carbonyl (C=O) groups excluding carboxylic acids is 1. The number of carbonyl (C=O) groups is 1. The molecule has 0 saturated heterocycles. The number of rotatable bonds is 9. The molecule has 41 heavy (non-hydrogen) atoms. The second-order valence-electron chi connectivity index (χ2n) is 10.4. The number of sulfonamides is 1. The SMILES string of the molecule is COc1ccc2c(c1Nc1ncc(Cl)c(N[C@@H]3CCCC[C@H]3NS(C)(=O)=O)n1)CN(Cc1ccccc1)CC(=O)N2. The molecule has 0 bridgehead atoms. The van der Waals surface area contributed by atoms with Crippen molar-refractivity contribution in [2.75, 3.05) is 35.9 Å². The number of fused-ring (bicyclic) bond motifs is 1. The van der Waals surface area contributed by atoms with Crippen LogP contribution in [0.5, 0.6) is 5.75 Å². The molecule has 0 unspecified atom stereocenters. The van der Waals surface area contributed by atoms with Crippen LogP contribution >= 0.6 is 11.6 Å². The zero-order valence-electron chi connectivity index (χ0n) is 23.0. The third-order valence-corrected chi connectivity index (χ3v) is 8.21. The summed E-state index contributed by atoms with van der Waals surface area (Å²) in [5.41, 5.74) is 3.25. The van der Waals surface area contributed by atoms with Crippen LogP contribution in [0.15, 0.2) is 48.7 Å². The van der Waals surface area contributed by atoms with Gasteiger partial charge in [0.25, 0.3) is 0 Å². The van der Waals surface area contributed by atoms with Gasteiger partial charge in [0.1, 0.15) is 10.8 Å². The van der Waals surface area contributed by atoms with E-state index in [2.05, 4.69) is 35.5 Å². The first-order chi connectivity index (χ1) is 19.7. The lowest BCUT2D eigenvalue weighted by Gasteiger charge is -2.32. The maximum Gasteiger partial charge on any atom is 0.238 e. The average Bonchev–Trinajstić information content (AvgIpc) is 3.09. The van der Waals surface area contributed by atoms with E-state index in [1.54, 1.807) is 13.2 Å². The monoisotopic (exact) mass is 599 g/mol. The summed E-state index contributed by atoms with van der Waals surface area (Å²) in [5, 5.41) is 9.97. The van der Waals surface area contributed by atoms with Crippen LogP contribution in [0.2, 0.25) is 5.02 Å². The highest BCUT2D eigenvalue weighted by Crippen LogP contribution is 2.38. The van der Waals surface area contributed by atoms with Gasteiger partial charge < -0.3 is 20.7 Å². The Morgan fingerprint density at radius 1 is 1.10 bits per heavy atom. The topological polar surface area (TPSA) is 138 Å². The van der Waals surface area contributed by atoms with E-state index >= 15 is 0 Å². The molecule has 1 fully saturated rings. The van der Waals surface area contributed by atoms with Gasteiger partial charge in [-0.25, -0.2) is 18.1 Å². The first-order valence-corrected chi connectivity index (χ1v) is 15.7. The Morgan fingerprint density at radius 2 is 1.85 bits per heavy atom. The van der Waals surface area contributed by atoms with Gasteiger partial charge in [-0.1, -0.05) is 54.8 Å². The van der Waals surface area contributed by atoms with E-state index < -0.39 is 10.0 Å². The standard InChI is InChI=1S/C28H34ClN7O4S/c1-40-24-13-12-21-19(16-36(17-25(37)31-21)15-18-8-4-3-5-9-18)26(24)33-28-30-14-20(29)27(34-28)32-22-10-6-7-11-23(22)35-41(2,38)39/h3-5,8-9,12-14,22-23,35H,6-7,10-11,15-17H2,1-2H3,(H,31,37)(H2,30,32,33,34)/t22-,23-/m1/s1. The van der Waals surface area contributed by atoms with Crippen LogP contribution in [-0.4, -0.2) is 61.2 Å². The molecule has 1 amide bonds. The summed E-state index contributed by atoms with van der Waals surface area (Å²) in [6.45, 7) is 1.31. The number of ether oxygens (including phenoxy) is 1. The normalized spacial score (nSPS) is 19.5. The van der Waals surface area contributed by atoms with E-state index in [-0.39, 0.29) is 30.5 Å². The molecule has 1 aliphatic heterocycles. The van der Waals surface area contributed by atoms with E-state index in [9.17, 15) is 13.2 Å². The number of anilines is 4. The fourth-order valence-electron chi connectivity index (χ4n) is 5.38. The van der Waals surface area contributed by atoms with Crippen molar-refractivity contribution in [2.24, 2.45) is 0 Å². The van der Waals surface area contributed by atoms with Crippen molar-refractivity contribution in [3.05, 3.63) is 64.8 Å². The summed E-state index contributed by atoms with van der Waals surface area (Å²) in [6, 6.07) is 13.2. The van der Waals surface area contributed by atoms with Gasteiger partial charge in [0.2, 0.25) is 21.9 Å². The summed E-state index contributed by atoms with van der Waals surface area (Å²) >= 11 is 6.47. The van der Waals surface area contributed by atoms with Crippen molar-refractivity contribution < 1.29 is 17.9 Å². The summed E-state index contributed by atoms with van der Waals surface area (Å²) in [7, 11) is -1.79. The first-order valence-electron chi connectivity index (χ1n) is 13.5. The molecule has 2 aromatic carbocycles. The second-order valence-corrected chi connectivity index (χ2v) is 12.6.